The zero-order valence-electron chi connectivity index (χ0n) is 12.2. The van der Waals surface area contributed by atoms with Gasteiger partial charge in [-0.05, 0) is 45.7 Å². The molecule has 0 fully saturated rings. The van der Waals surface area contributed by atoms with Crippen molar-refractivity contribution in [1.29, 1.82) is 0 Å². The molecule has 0 aromatic heterocycles. The maximum Gasteiger partial charge on any atom is 0.0189 e. The van der Waals surface area contributed by atoms with Gasteiger partial charge in [-0.15, -0.1) is 0 Å². The Hall–Kier alpha value is -0.0800. The van der Waals surface area contributed by atoms with Gasteiger partial charge < -0.3 is 10.2 Å². The Morgan fingerprint density at radius 1 is 1.06 bits per heavy atom. The highest BCUT2D eigenvalue weighted by Gasteiger charge is 2.11. The quantitative estimate of drug-likeness (QED) is 0.652. The molecule has 0 saturated heterocycles. The van der Waals surface area contributed by atoms with Crippen molar-refractivity contribution in [2.75, 3.05) is 20.1 Å². The predicted octanol–water partition coefficient (Wildman–Crippen LogP) is 3.13. The number of likely N-dealkylation sites (N-methyl/N-ethyl adjacent to an activating group) is 1. The lowest BCUT2D eigenvalue weighted by Crippen LogP contribution is -2.42. The third kappa shape index (κ3) is 7.24. The van der Waals surface area contributed by atoms with E-state index in [2.05, 4.69) is 51.9 Å². The fourth-order valence-electron chi connectivity index (χ4n) is 1.75. The number of hydrogen-bond donors (Lipinski definition) is 1. The van der Waals surface area contributed by atoms with E-state index in [0.717, 1.165) is 12.5 Å². The zero-order chi connectivity index (χ0) is 12.6. The zero-order valence-corrected chi connectivity index (χ0v) is 12.2. The molecule has 0 aliphatic carbocycles. The first-order valence-corrected chi connectivity index (χ1v) is 6.94. The van der Waals surface area contributed by atoms with Crippen LogP contribution in [-0.4, -0.2) is 37.1 Å². The lowest BCUT2D eigenvalue weighted by molar-refractivity contribution is 0.231. The average Bonchev–Trinajstić information content (AvgIpc) is 2.26. The normalized spacial score (nSPS) is 14.1. The summed E-state index contributed by atoms with van der Waals surface area (Å²) in [6, 6.07) is 1.33. The first kappa shape index (κ1) is 15.9. The fourth-order valence-corrected chi connectivity index (χ4v) is 1.75. The Morgan fingerprint density at radius 3 is 2.06 bits per heavy atom. The van der Waals surface area contributed by atoms with E-state index >= 15 is 0 Å². The van der Waals surface area contributed by atoms with Gasteiger partial charge in [0.15, 0.2) is 0 Å². The van der Waals surface area contributed by atoms with Gasteiger partial charge in [0, 0.05) is 18.6 Å². The van der Waals surface area contributed by atoms with Crippen LogP contribution in [0.25, 0.3) is 0 Å². The maximum atomic E-state index is 3.65. The van der Waals surface area contributed by atoms with E-state index in [1.54, 1.807) is 0 Å². The second-order valence-electron chi connectivity index (χ2n) is 5.43. The highest BCUT2D eigenvalue weighted by Crippen LogP contribution is 2.04. The van der Waals surface area contributed by atoms with Gasteiger partial charge in [0.2, 0.25) is 0 Å². The third-order valence-corrected chi connectivity index (χ3v) is 3.50. The summed E-state index contributed by atoms with van der Waals surface area (Å²) in [6.45, 7) is 13.7. The summed E-state index contributed by atoms with van der Waals surface area (Å²) in [5, 5.41) is 3.65. The Morgan fingerprint density at radius 2 is 1.62 bits per heavy atom. The molecule has 0 saturated carbocycles. The number of hydrogen-bond acceptors (Lipinski definition) is 2. The number of rotatable bonds is 9. The van der Waals surface area contributed by atoms with Crippen molar-refractivity contribution < 1.29 is 0 Å². The largest absolute Gasteiger partial charge is 0.312 e. The van der Waals surface area contributed by atoms with E-state index < -0.39 is 0 Å². The molecule has 1 atom stereocenters. The molecule has 0 radical (unpaired) electrons. The molecule has 16 heavy (non-hydrogen) atoms. The van der Waals surface area contributed by atoms with Crippen molar-refractivity contribution in [3.05, 3.63) is 0 Å². The van der Waals surface area contributed by atoms with Crippen LogP contribution in [0.2, 0.25) is 0 Å². The summed E-state index contributed by atoms with van der Waals surface area (Å²) in [4.78, 5) is 2.47. The highest BCUT2D eigenvalue weighted by atomic mass is 15.1. The van der Waals surface area contributed by atoms with Gasteiger partial charge in [-0.25, -0.2) is 0 Å². The van der Waals surface area contributed by atoms with Crippen LogP contribution in [0.1, 0.15) is 53.9 Å². The summed E-state index contributed by atoms with van der Waals surface area (Å²) >= 11 is 0. The van der Waals surface area contributed by atoms with Gasteiger partial charge in [0.1, 0.15) is 0 Å². The van der Waals surface area contributed by atoms with Gasteiger partial charge in [-0.3, -0.25) is 0 Å². The minimum absolute atomic E-state index is 0.638. The van der Waals surface area contributed by atoms with E-state index in [4.69, 9.17) is 0 Å². The van der Waals surface area contributed by atoms with Crippen LogP contribution in [0, 0.1) is 5.92 Å². The molecular weight excluding hydrogens is 196 g/mol. The van der Waals surface area contributed by atoms with E-state index in [-0.39, 0.29) is 0 Å². The van der Waals surface area contributed by atoms with Crippen LogP contribution in [0.5, 0.6) is 0 Å². The van der Waals surface area contributed by atoms with Crippen molar-refractivity contribution >= 4 is 0 Å². The van der Waals surface area contributed by atoms with Gasteiger partial charge in [0.25, 0.3) is 0 Å². The molecule has 0 spiro atoms. The molecule has 0 heterocycles. The van der Waals surface area contributed by atoms with Crippen molar-refractivity contribution in [2.45, 2.75) is 66.0 Å². The van der Waals surface area contributed by atoms with E-state index in [9.17, 15) is 0 Å². The van der Waals surface area contributed by atoms with Crippen molar-refractivity contribution in [3.63, 3.8) is 0 Å². The van der Waals surface area contributed by atoms with Crippen LogP contribution in [0.4, 0.5) is 0 Å². The second-order valence-corrected chi connectivity index (χ2v) is 5.43. The SMILES string of the molecule is CCC(CC)NCC(C)N(C)CCC(C)C. The minimum Gasteiger partial charge on any atom is -0.312 e. The molecule has 2 heteroatoms. The second kappa shape index (κ2) is 9.00. The summed E-state index contributed by atoms with van der Waals surface area (Å²) in [5.41, 5.74) is 0. The fraction of sp³-hybridized carbons (Fsp3) is 1.00. The van der Waals surface area contributed by atoms with Crippen molar-refractivity contribution in [3.8, 4) is 0 Å². The van der Waals surface area contributed by atoms with Gasteiger partial charge >= 0.3 is 0 Å². The molecule has 1 unspecified atom stereocenters. The summed E-state index contributed by atoms with van der Waals surface area (Å²) in [7, 11) is 2.24. The average molecular weight is 228 g/mol. The van der Waals surface area contributed by atoms with E-state index in [0.29, 0.717) is 12.1 Å². The summed E-state index contributed by atoms with van der Waals surface area (Å²) in [6.07, 6.45) is 3.77. The van der Waals surface area contributed by atoms with Crippen LogP contribution in [-0.2, 0) is 0 Å². The molecule has 98 valence electrons. The Labute approximate surface area is 103 Å². The number of nitrogens with one attached hydrogen (secondary N) is 1. The molecule has 0 aliphatic rings. The Bertz CT molecular complexity index is 153. The van der Waals surface area contributed by atoms with Crippen molar-refractivity contribution in [1.82, 2.24) is 10.2 Å². The molecule has 1 N–H and O–H groups in total. The van der Waals surface area contributed by atoms with E-state index in [1.807, 2.05) is 0 Å². The van der Waals surface area contributed by atoms with Crippen LogP contribution in [0.15, 0.2) is 0 Å². The topological polar surface area (TPSA) is 15.3 Å². The first-order chi connectivity index (χ1) is 7.51. The monoisotopic (exact) mass is 228 g/mol. The first-order valence-electron chi connectivity index (χ1n) is 6.94. The molecule has 2 nitrogen and oxygen atoms in total. The molecule has 0 aromatic carbocycles. The lowest BCUT2D eigenvalue weighted by Gasteiger charge is -2.27. The van der Waals surface area contributed by atoms with Crippen LogP contribution >= 0.6 is 0 Å². The third-order valence-electron chi connectivity index (χ3n) is 3.50. The smallest absolute Gasteiger partial charge is 0.0189 e. The number of nitrogens with zero attached hydrogens (tertiary/aromatic N) is 1. The van der Waals surface area contributed by atoms with E-state index in [1.165, 1.54) is 25.8 Å². The highest BCUT2D eigenvalue weighted by molar-refractivity contribution is 4.70. The van der Waals surface area contributed by atoms with Gasteiger partial charge in [-0.1, -0.05) is 27.7 Å². The molecule has 0 rings (SSSR count). The molecule has 0 bridgehead atoms. The predicted molar refractivity (Wildman–Crippen MR) is 73.9 cm³/mol. The summed E-state index contributed by atoms with van der Waals surface area (Å²) < 4.78 is 0. The maximum absolute atomic E-state index is 3.65. The Kier molecular flexibility index (Phi) is 8.96. The summed E-state index contributed by atoms with van der Waals surface area (Å²) in [5.74, 6) is 0.807. The van der Waals surface area contributed by atoms with Crippen LogP contribution in [0.3, 0.4) is 0 Å². The van der Waals surface area contributed by atoms with Crippen molar-refractivity contribution in [2.24, 2.45) is 5.92 Å². The molecule has 0 aliphatic heterocycles. The molecule has 0 aromatic rings. The Balaban J connectivity index is 3.73. The minimum atomic E-state index is 0.638. The molecule has 0 amide bonds. The standard InChI is InChI=1S/C14H32N2/c1-7-14(8-2)15-11-13(5)16(6)10-9-12(3)4/h12-15H,7-11H2,1-6H3. The van der Waals surface area contributed by atoms with Crippen LogP contribution < -0.4 is 5.32 Å². The van der Waals surface area contributed by atoms with Gasteiger partial charge in [-0.2, -0.15) is 0 Å². The van der Waals surface area contributed by atoms with Gasteiger partial charge in [0.05, 0.1) is 0 Å². The lowest BCUT2D eigenvalue weighted by atomic mass is 10.1. The molecular formula is C14H32N2.